The molecule has 4 nitrogen and oxygen atoms in total. The van der Waals surface area contributed by atoms with Crippen LogP contribution in [0.5, 0.6) is 0 Å². The lowest BCUT2D eigenvalue weighted by molar-refractivity contribution is 1.39. The minimum Gasteiger partial charge on any atom is -0.361 e. The van der Waals surface area contributed by atoms with Crippen molar-refractivity contribution < 1.29 is 0 Å². The molecular weight excluding hydrogens is 216 g/mol. The Labute approximate surface area is 96.6 Å². The summed E-state index contributed by atoms with van der Waals surface area (Å²) in [6.07, 6.45) is 1.94. The molecule has 0 aliphatic heterocycles. The van der Waals surface area contributed by atoms with Crippen LogP contribution in [0.2, 0.25) is 0 Å². The van der Waals surface area contributed by atoms with Gasteiger partial charge in [0.25, 0.3) is 0 Å². The van der Waals surface area contributed by atoms with Gasteiger partial charge in [-0.1, -0.05) is 0 Å². The van der Waals surface area contributed by atoms with Gasteiger partial charge in [0.1, 0.15) is 0 Å². The number of aromatic nitrogens is 1. The van der Waals surface area contributed by atoms with E-state index < -0.39 is 10.9 Å². The van der Waals surface area contributed by atoms with Crippen LogP contribution in [-0.2, 0) is 0 Å². The minimum absolute atomic E-state index is 0.363. The van der Waals surface area contributed by atoms with Crippen LogP contribution < -0.4 is 16.2 Å². The maximum Gasteiger partial charge on any atom is 0.249 e. The van der Waals surface area contributed by atoms with Crippen LogP contribution in [0.3, 0.4) is 0 Å². The molecule has 0 aliphatic carbocycles. The molecule has 0 amide bonds. The predicted octanol–water partition coefficient (Wildman–Crippen LogP) is 1.82. The molecule has 2 N–H and O–H groups in total. The molecule has 0 saturated carbocycles. The Morgan fingerprint density at radius 1 is 1.18 bits per heavy atom. The van der Waals surface area contributed by atoms with Crippen molar-refractivity contribution in [3.63, 3.8) is 0 Å². The third kappa shape index (κ3) is 1.45. The Morgan fingerprint density at radius 3 is 2.71 bits per heavy atom. The summed E-state index contributed by atoms with van der Waals surface area (Å²) in [7, 11) is 0. The van der Waals surface area contributed by atoms with Crippen LogP contribution in [0.4, 0.5) is 11.4 Å². The van der Waals surface area contributed by atoms with E-state index in [4.69, 9.17) is 0 Å². The second kappa shape index (κ2) is 3.31. The number of anilines is 2. The fourth-order valence-corrected chi connectivity index (χ4v) is 1.90. The third-order valence-electron chi connectivity index (χ3n) is 2.91. The highest BCUT2D eigenvalue weighted by Gasteiger charge is 2.09. The first-order valence-electron chi connectivity index (χ1n) is 5.30. The number of fused-ring (bicyclic) bond motifs is 1. The van der Waals surface area contributed by atoms with Gasteiger partial charge in [0.15, 0.2) is 0 Å². The van der Waals surface area contributed by atoms with Crippen molar-refractivity contribution in [1.82, 2.24) is 4.98 Å². The fourth-order valence-electron chi connectivity index (χ4n) is 1.90. The summed E-state index contributed by atoms with van der Waals surface area (Å²) in [4.78, 5) is 25.1. The lowest BCUT2D eigenvalue weighted by atomic mass is 10.1. The van der Waals surface area contributed by atoms with Crippen molar-refractivity contribution in [1.29, 1.82) is 0 Å². The maximum absolute atomic E-state index is 11.2. The van der Waals surface area contributed by atoms with E-state index in [1.165, 1.54) is 6.07 Å². The van der Waals surface area contributed by atoms with Gasteiger partial charge in [-0.2, -0.15) is 0 Å². The summed E-state index contributed by atoms with van der Waals surface area (Å²) >= 11 is 0. The molecule has 0 atom stereocenters. The van der Waals surface area contributed by atoms with E-state index in [9.17, 15) is 9.59 Å². The standard InChI is InChI=1S/C13H10N2O2/c1-7-6-14-10-3-2-8(4-9(7)10)15-11-5-12(16)13(11)17/h2-6,14-15H,1H3. The van der Waals surface area contributed by atoms with E-state index in [-0.39, 0.29) is 0 Å². The predicted molar refractivity (Wildman–Crippen MR) is 67.7 cm³/mol. The van der Waals surface area contributed by atoms with E-state index in [0.717, 1.165) is 22.2 Å². The van der Waals surface area contributed by atoms with Gasteiger partial charge in [0.2, 0.25) is 10.9 Å². The second-order valence-corrected chi connectivity index (χ2v) is 4.11. The molecular formula is C13H10N2O2. The monoisotopic (exact) mass is 226 g/mol. The second-order valence-electron chi connectivity index (χ2n) is 4.11. The zero-order chi connectivity index (χ0) is 12.0. The van der Waals surface area contributed by atoms with Crippen LogP contribution in [-0.4, -0.2) is 4.98 Å². The first-order valence-corrected chi connectivity index (χ1v) is 5.30. The summed E-state index contributed by atoms with van der Waals surface area (Å²) in [5, 5.41) is 4.05. The van der Waals surface area contributed by atoms with Crippen molar-refractivity contribution in [3.8, 4) is 0 Å². The molecule has 4 heteroatoms. The Bertz CT molecular complexity index is 776. The number of H-pyrrole nitrogens is 1. The van der Waals surface area contributed by atoms with Crippen molar-refractivity contribution in [2.45, 2.75) is 6.92 Å². The largest absolute Gasteiger partial charge is 0.361 e. The molecule has 0 aliphatic rings. The molecule has 2 aromatic carbocycles. The van der Waals surface area contributed by atoms with Crippen LogP contribution >= 0.6 is 0 Å². The van der Waals surface area contributed by atoms with Crippen LogP contribution in [0.15, 0.2) is 40.1 Å². The summed E-state index contributed by atoms with van der Waals surface area (Å²) < 4.78 is 0. The molecule has 17 heavy (non-hydrogen) atoms. The molecule has 0 saturated heterocycles. The first kappa shape index (κ1) is 9.84. The quantitative estimate of drug-likeness (QED) is 0.655. The normalized spacial score (nSPS) is 11.1. The van der Waals surface area contributed by atoms with Crippen molar-refractivity contribution >= 4 is 22.3 Å². The van der Waals surface area contributed by atoms with Crippen molar-refractivity contribution in [2.75, 3.05) is 5.32 Å². The average molecular weight is 226 g/mol. The van der Waals surface area contributed by atoms with E-state index in [2.05, 4.69) is 10.3 Å². The molecule has 0 fully saturated rings. The topological polar surface area (TPSA) is 62.0 Å². The molecule has 0 unspecified atom stereocenters. The van der Waals surface area contributed by atoms with Gasteiger partial charge in [0, 0.05) is 28.9 Å². The smallest absolute Gasteiger partial charge is 0.249 e. The summed E-state index contributed by atoms with van der Waals surface area (Å²) in [6, 6.07) is 7.08. The van der Waals surface area contributed by atoms with E-state index in [1.54, 1.807) is 0 Å². The molecule has 3 rings (SSSR count). The molecule has 3 aromatic rings. The van der Waals surface area contributed by atoms with Crippen LogP contribution in [0, 0.1) is 6.92 Å². The number of benzene rings is 1. The van der Waals surface area contributed by atoms with Crippen molar-refractivity contribution in [3.05, 3.63) is 56.5 Å². The highest BCUT2D eigenvalue weighted by atomic mass is 16.2. The Morgan fingerprint density at radius 2 is 2.00 bits per heavy atom. The van der Waals surface area contributed by atoms with Gasteiger partial charge in [-0.05, 0) is 30.7 Å². The highest BCUT2D eigenvalue weighted by Crippen LogP contribution is 2.23. The summed E-state index contributed by atoms with van der Waals surface area (Å²) in [5.74, 6) is 0. The SMILES string of the molecule is Cc1c[nH]c2ccc(Nc3cc(=O)c3=O)cc12. The van der Waals surface area contributed by atoms with Gasteiger partial charge < -0.3 is 10.3 Å². The highest BCUT2D eigenvalue weighted by molar-refractivity contribution is 5.87. The van der Waals surface area contributed by atoms with Gasteiger partial charge in [-0.25, -0.2) is 0 Å². The summed E-state index contributed by atoms with van der Waals surface area (Å²) in [6.45, 7) is 2.01. The van der Waals surface area contributed by atoms with Gasteiger partial charge in [-0.3, -0.25) is 9.59 Å². The molecule has 1 aromatic heterocycles. The molecule has 0 bridgehead atoms. The zero-order valence-corrected chi connectivity index (χ0v) is 9.20. The van der Waals surface area contributed by atoms with Crippen LogP contribution in [0.1, 0.15) is 5.56 Å². The van der Waals surface area contributed by atoms with E-state index >= 15 is 0 Å². The first-order chi connectivity index (χ1) is 8.15. The number of hydrogen-bond acceptors (Lipinski definition) is 3. The van der Waals surface area contributed by atoms with Crippen molar-refractivity contribution in [2.24, 2.45) is 0 Å². The van der Waals surface area contributed by atoms with E-state index in [1.807, 2.05) is 31.3 Å². The average Bonchev–Trinajstić information content (AvgIpc) is 2.70. The van der Waals surface area contributed by atoms with Gasteiger partial charge in [0.05, 0.1) is 5.69 Å². The number of aromatic amines is 1. The summed E-state index contributed by atoms with van der Waals surface area (Å²) in [5.41, 5.74) is 2.49. The third-order valence-corrected chi connectivity index (χ3v) is 2.91. The lowest BCUT2D eigenvalue weighted by Gasteiger charge is -2.06. The molecule has 84 valence electrons. The fraction of sp³-hybridized carbons (Fsp3) is 0.0769. The number of aryl methyl sites for hydroxylation is 1. The molecule has 1 heterocycles. The van der Waals surface area contributed by atoms with E-state index in [0.29, 0.717) is 5.69 Å². The Balaban J connectivity index is 2.02. The van der Waals surface area contributed by atoms with Gasteiger partial charge in [-0.15, -0.1) is 0 Å². The maximum atomic E-state index is 11.2. The van der Waals surface area contributed by atoms with Crippen LogP contribution in [0.25, 0.3) is 10.9 Å². The Hall–Kier alpha value is -2.36. The number of rotatable bonds is 2. The van der Waals surface area contributed by atoms with Gasteiger partial charge >= 0.3 is 0 Å². The number of hydrogen-bond donors (Lipinski definition) is 2. The molecule has 0 spiro atoms. The molecule has 0 radical (unpaired) electrons. The minimum atomic E-state index is -0.448. The Kier molecular flexibility index (Phi) is 1.92. The zero-order valence-electron chi connectivity index (χ0n) is 9.20. The lowest BCUT2D eigenvalue weighted by Crippen LogP contribution is -2.31. The number of nitrogens with one attached hydrogen (secondary N) is 2.